The summed E-state index contributed by atoms with van der Waals surface area (Å²) in [7, 11) is 0. The van der Waals surface area contributed by atoms with Crippen LogP contribution in [0.15, 0.2) is 5.16 Å². The fourth-order valence-corrected chi connectivity index (χ4v) is 2.87. The van der Waals surface area contributed by atoms with Crippen LogP contribution in [0.25, 0.3) is 0 Å². The van der Waals surface area contributed by atoms with E-state index in [-0.39, 0.29) is 17.8 Å². The molecule has 20 heavy (non-hydrogen) atoms. The van der Waals surface area contributed by atoms with Crippen LogP contribution in [-0.2, 0) is 9.53 Å². The predicted molar refractivity (Wildman–Crippen MR) is 74.6 cm³/mol. The van der Waals surface area contributed by atoms with Crippen molar-refractivity contribution in [1.29, 1.82) is 0 Å². The maximum Gasteiger partial charge on any atom is 0.254 e. The highest BCUT2D eigenvalue weighted by molar-refractivity contribution is 5.86. The van der Waals surface area contributed by atoms with Crippen molar-refractivity contribution in [2.45, 2.75) is 38.3 Å². The number of nitrogens with zero attached hydrogens (tertiary/aromatic N) is 3. The topological polar surface area (TPSA) is 91.4 Å². The SMILES string of the molecule is CC(C(N)=NO)N1CCN(C(=O)C2(C)CCCO2)CC1. The largest absolute Gasteiger partial charge is 0.409 e. The molecule has 0 radical (unpaired) electrons. The van der Waals surface area contributed by atoms with E-state index >= 15 is 0 Å². The standard InChI is InChI=1S/C13H24N4O3/c1-10(11(14)15-19)16-5-7-17(8-6-16)12(18)13(2)4-3-9-20-13/h10,19H,3-9H2,1-2H3,(H2,14,15). The Kier molecular flexibility index (Phi) is 4.49. The molecule has 0 aromatic rings. The normalized spacial score (nSPS) is 30.5. The van der Waals surface area contributed by atoms with Crippen molar-refractivity contribution in [2.75, 3.05) is 32.8 Å². The Labute approximate surface area is 119 Å². The molecule has 0 bridgehead atoms. The molecule has 7 heteroatoms. The van der Waals surface area contributed by atoms with Crippen molar-refractivity contribution in [3.8, 4) is 0 Å². The second-order valence-electron chi connectivity index (χ2n) is 5.71. The van der Waals surface area contributed by atoms with Crippen LogP contribution in [0.5, 0.6) is 0 Å². The minimum atomic E-state index is -0.640. The molecule has 3 N–H and O–H groups in total. The molecule has 0 aromatic carbocycles. The van der Waals surface area contributed by atoms with Crippen molar-refractivity contribution in [3.63, 3.8) is 0 Å². The third-order valence-corrected chi connectivity index (χ3v) is 4.36. The van der Waals surface area contributed by atoms with Gasteiger partial charge in [0.15, 0.2) is 5.84 Å². The summed E-state index contributed by atoms with van der Waals surface area (Å²) in [6.07, 6.45) is 1.75. The first-order chi connectivity index (χ1) is 9.48. The molecule has 1 amide bonds. The smallest absolute Gasteiger partial charge is 0.254 e. The van der Waals surface area contributed by atoms with Gasteiger partial charge in [0, 0.05) is 32.8 Å². The summed E-state index contributed by atoms with van der Waals surface area (Å²) in [5, 5.41) is 11.8. The maximum absolute atomic E-state index is 12.5. The predicted octanol–water partition coefficient (Wildman–Crippen LogP) is -0.165. The van der Waals surface area contributed by atoms with Crippen LogP contribution >= 0.6 is 0 Å². The molecular weight excluding hydrogens is 260 g/mol. The number of piperazine rings is 1. The molecule has 0 spiro atoms. The number of nitrogens with two attached hydrogens (primary N) is 1. The Morgan fingerprint density at radius 3 is 2.55 bits per heavy atom. The molecule has 2 heterocycles. The van der Waals surface area contributed by atoms with Gasteiger partial charge in [0.2, 0.25) is 0 Å². The minimum absolute atomic E-state index is 0.0890. The van der Waals surface area contributed by atoms with Gasteiger partial charge in [0.05, 0.1) is 6.04 Å². The number of carbonyl (C=O) groups is 1. The second kappa shape index (κ2) is 5.97. The Bertz CT molecular complexity index is 385. The zero-order valence-electron chi connectivity index (χ0n) is 12.2. The zero-order chi connectivity index (χ0) is 14.8. The van der Waals surface area contributed by atoms with Crippen LogP contribution in [0.2, 0.25) is 0 Å². The lowest BCUT2D eigenvalue weighted by molar-refractivity contribution is -0.152. The Balaban J connectivity index is 1.89. The van der Waals surface area contributed by atoms with Gasteiger partial charge < -0.3 is 20.6 Å². The summed E-state index contributed by atoms with van der Waals surface area (Å²) in [5.74, 6) is 0.293. The number of oxime groups is 1. The highest BCUT2D eigenvalue weighted by atomic mass is 16.5. The van der Waals surface area contributed by atoms with E-state index in [9.17, 15) is 4.79 Å². The van der Waals surface area contributed by atoms with Crippen LogP contribution in [0, 0.1) is 0 Å². The Morgan fingerprint density at radius 1 is 1.40 bits per heavy atom. The average molecular weight is 284 g/mol. The molecule has 2 rings (SSSR count). The number of hydrogen-bond donors (Lipinski definition) is 2. The van der Waals surface area contributed by atoms with Crippen LogP contribution in [0.4, 0.5) is 0 Å². The van der Waals surface area contributed by atoms with E-state index < -0.39 is 5.60 Å². The van der Waals surface area contributed by atoms with Crippen molar-refractivity contribution in [2.24, 2.45) is 10.9 Å². The van der Waals surface area contributed by atoms with Crippen molar-refractivity contribution in [1.82, 2.24) is 9.80 Å². The van der Waals surface area contributed by atoms with Gasteiger partial charge in [-0.25, -0.2) is 0 Å². The number of rotatable bonds is 3. The molecule has 114 valence electrons. The molecule has 2 fully saturated rings. The van der Waals surface area contributed by atoms with Crippen molar-refractivity contribution >= 4 is 11.7 Å². The molecular formula is C13H24N4O3. The molecule has 2 unspecified atom stereocenters. The lowest BCUT2D eigenvalue weighted by Crippen LogP contribution is -2.57. The molecule has 2 aliphatic heterocycles. The summed E-state index contributed by atoms with van der Waals surface area (Å²) in [4.78, 5) is 16.5. The lowest BCUT2D eigenvalue weighted by atomic mass is 10.0. The molecule has 2 aliphatic rings. The fourth-order valence-electron chi connectivity index (χ4n) is 2.87. The Hall–Kier alpha value is -1.34. The zero-order valence-corrected chi connectivity index (χ0v) is 12.2. The average Bonchev–Trinajstić information content (AvgIpc) is 2.93. The third-order valence-electron chi connectivity index (χ3n) is 4.36. The summed E-state index contributed by atoms with van der Waals surface area (Å²) in [6.45, 7) is 7.20. The lowest BCUT2D eigenvalue weighted by Gasteiger charge is -2.40. The van der Waals surface area contributed by atoms with E-state index in [0.717, 1.165) is 25.9 Å². The number of hydrogen-bond acceptors (Lipinski definition) is 5. The van der Waals surface area contributed by atoms with Gasteiger partial charge in [-0.1, -0.05) is 5.16 Å². The fraction of sp³-hybridized carbons (Fsp3) is 0.846. The van der Waals surface area contributed by atoms with Gasteiger partial charge in [-0.15, -0.1) is 0 Å². The molecule has 2 saturated heterocycles. The molecule has 2 atom stereocenters. The monoisotopic (exact) mass is 284 g/mol. The van der Waals surface area contributed by atoms with Gasteiger partial charge in [-0.05, 0) is 26.7 Å². The van der Waals surface area contributed by atoms with Gasteiger partial charge in [0.25, 0.3) is 5.91 Å². The van der Waals surface area contributed by atoms with E-state index in [4.69, 9.17) is 15.7 Å². The minimum Gasteiger partial charge on any atom is -0.409 e. The van der Waals surface area contributed by atoms with Crippen LogP contribution in [0.3, 0.4) is 0 Å². The van der Waals surface area contributed by atoms with Crippen LogP contribution < -0.4 is 5.73 Å². The number of amides is 1. The van der Waals surface area contributed by atoms with E-state index in [1.54, 1.807) is 0 Å². The van der Waals surface area contributed by atoms with Gasteiger partial charge in [-0.3, -0.25) is 9.69 Å². The van der Waals surface area contributed by atoms with Gasteiger partial charge in [-0.2, -0.15) is 0 Å². The molecule has 7 nitrogen and oxygen atoms in total. The van der Waals surface area contributed by atoms with Crippen LogP contribution in [0.1, 0.15) is 26.7 Å². The second-order valence-corrected chi connectivity index (χ2v) is 5.71. The van der Waals surface area contributed by atoms with Crippen molar-refractivity contribution in [3.05, 3.63) is 0 Å². The number of carbonyl (C=O) groups excluding carboxylic acids is 1. The van der Waals surface area contributed by atoms with E-state index in [2.05, 4.69) is 10.1 Å². The summed E-state index contributed by atoms with van der Waals surface area (Å²) in [6, 6.07) is -0.115. The third kappa shape index (κ3) is 2.88. The van der Waals surface area contributed by atoms with E-state index in [1.165, 1.54) is 0 Å². The van der Waals surface area contributed by atoms with Crippen molar-refractivity contribution < 1.29 is 14.7 Å². The number of amidine groups is 1. The summed E-state index contributed by atoms with van der Waals surface area (Å²) in [5.41, 5.74) is 4.98. The summed E-state index contributed by atoms with van der Waals surface area (Å²) < 4.78 is 5.61. The summed E-state index contributed by atoms with van der Waals surface area (Å²) >= 11 is 0. The first kappa shape index (κ1) is 15.1. The number of ether oxygens (including phenoxy) is 1. The van der Waals surface area contributed by atoms with E-state index in [1.807, 2.05) is 18.7 Å². The first-order valence-corrected chi connectivity index (χ1v) is 7.13. The Morgan fingerprint density at radius 2 is 2.05 bits per heavy atom. The van der Waals surface area contributed by atoms with E-state index in [0.29, 0.717) is 19.7 Å². The highest BCUT2D eigenvalue weighted by Crippen LogP contribution is 2.27. The first-order valence-electron chi connectivity index (χ1n) is 7.13. The molecule has 0 aliphatic carbocycles. The maximum atomic E-state index is 12.5. The molecule has 0 aromatic heterocycles. The van der Waals surface area contributed by atoms with Gasteiger partial charge >= 0.3 is 0 Å². The molecule has 0 saturated carbocycles. The van der Waals surface area contributed by atoms with Gasteiger partial charge in [0.1, 0.15) is 5.60 Å². The highest BCUT2D eigenvalue weighted by Gasteiger charge is 2.41. The van der Waals surface area contributed by atoms with Crippen LogP contribution in [-0.4, -0.2) is 71.2 Å². The quantitative estimate of drug-likeness (QED) is 0.325.